The summed E-state index contributed by atoms with van der Waals surface area (Å²) in [5.41, 5.74) is -1.20. The van der Waals surface area contributed by atoms with E-state index in [1.807, 2.05) is 0 Å². The quantitative estimate of drug-likeness (QED) is 0.153. The summed E-state index contributed by atoms with van der Waals surface area (Å²) in [7, 11) is 0. The molecule has 9 N–H and O–H groups in total. The average Bonchev–Trinajstić information content (AvgIpc) is 3.59. The third kappa shape index (κ3) is 7.13. The van der Waals surface area contributed by atoms with Gasteiger partial charge in [0.25, 0.3) is 0 Å². The molecule has 0 aromatic rings. The van der Waals surface area contributed by atoms with Gasteiger partial charge in [0.15, 0.2) is 24.7 Å². The van der Waals surface area contributed by atoms with Crippen molar-refractivity contribution < 1.29 is 83.9 Å². The van der Waals surface area contributed by atoms with E-state index in [1.54, 1.807) is 0 Å². The molecule has 350 valence electrons. The minimum atomic E-state index is -1.71. The number of aliphatic hydroxyl groups excluding tert-OH is 8. The summed E-state index contributed by atoms with van der Waals surface area (Å²) in [4.78, 5) is 0. The Kier molecular flexibility index (Phi) is 12.4. The van der Waals surface area contributed by atoms with Crippen LogP contribution in [0.1, 0.15) is 98.8 Å². The average molecular weight is 873 g/mol. The molecule has 5 heterocycles. The van der Waals surface area contributed by atoms with Gasteiger partial charge in [-0.3, -0.25) is 0 Å². The Labute approximate surface area is 357 Å². The molecule has 9 fully saturated rings. The zero-order chi connectivity index (χ0) is 43.6. The van der Waals surface area contributed by atoms with Crippen LogP contribution in [0.4, 0.5) is 0 Å². The van der Waals surface area contributed by atoms with Gasteiger partial charge in [-0.25, -0.2) is 0 Å². The van der Waals surface area contributed by atoms with Crippen LogP contribution in [-0.2, 0) is 37.9 Å². The zero-order valence-corrected chi connectivity index (χ0v) is 36.2. The fraction of sp³-hybridized carbons (Fsp3) is 1.00. The highest BCUT2D eigenvalue weighted by Gasteiger charge is 2.76. The molecule has 5 aliphatic heterocycles. The van der Waals surface area contributed by atoms with Crippen LogP contribution in [0, 0.1) is 46.3 Å². The first-order chi connectivity index (χ1) is 28.9. The lowest BCUT2D eigenvalue weighted by molar-refractivity contribution is -0.385. The number of fused-ring (bicyclic) bond motifs is 7. The molecule has 0 aromatic carbocycles. The summed E-state index contributed by atoms with van der Waals surface area (Å²) in [6.45, 7) is 10.3. The van der Waals surface area contributed by atoms with Crippen molar-refractivity contribution >= 4 is 0 Å². The van der Waals surface area contributed by atoms with Gasteiger partial charge < -0.3 is 83.9 Å². The van der Waals surface area contributed by atoms with E-state index in [0.717, 1.165) is 51.4 Å². The smallest absolute Gasteiger partial charge is 0.187 e. The summed E-state index contributed by atoms with van der Waals surface area (Å²) in [5, 5.41) is 98.0. The minimum absolute atomic E-state index is 0.0310. The van der Waals surface area contributed by atoms with Crippen LogP contribution in [0.25, 0.3) is 0 Å². The van der Waals surface area contributed by atoms with Crippen molar-refractivity contribution in [2.24, 2.45) is 46.3 Å². The number of aliphatic hydroxyl groups is 9. The highest BCUT2D eigenvalue weighted by Crippen LogP contribution is 2.72. The second kappa shape index (κ2) is 16.6. The summed E-state index contributed by atoms with van der Waals surface area (Å²) in [5.74, 6) is 1.24. The number of hydrogen-bond donors (Lipinski definition) is 9. The van der Waals surface area contributed by atoms with E-state index in [0.29, 0.717) is 49.0 Å². The third-order valence-corrected chi connectivity index (χ3v) is 18.1. The van der Waals surface area contributed by atoms with Crippen LogP contribution < -0.4 is 0 Å². The molecule has 26 atom stereocenters. The molecule has 0 bridgehead atoms. The number of rotatable bonds is 7. The first-order valence-electron chi connectivity index (χ1n) is 23.2. The molecule has 1 spiro atoms. The largest absolute Gasteiger partial charge is 0.394 e. The maximum absolute atomic E-state index is 12.8. The molecule has 5 saturated heterocycles. The Morgan fingerprint density at radius 2 is 1.39 bits per heavy atom. The summed E-state index contributed by atoms with van der Waals surface area (Å²) < 4.78 is 49.6. The number of hydrogen-bond acceptors (Lipinski definition) is 17. The van der Waals surface area contributed by atoms with Crippen molar-refractivity contribution in [2.45, 2.75) is 208 Å². The van der Waals surface area contributed by atoms with Crippen molar-refractivity contribution in [1.82, 2.24) is 0 Å². The van der Waals surface area contributed by atoms with Crippen LogP contribution in [0.15, 0.2) is 0 Å². The molecule has 17 nitrogen and oxygen atoms in total. The summed E-state index contributed by atoms with van der Waals surface area (Å²) >= 11 is 0. The Hall–Kier alpha value is -0.680. The topological polar surface area (TPSA) is 256 Å². The van der Waals surface area contributed by atoms with Gasteiger partial charge in [-0.2, -0.15) is 0 Å². The highest BCUT2D eigenvalue weighted by atomic mass is 16.8. The lowest BCUT2D eigenvalue weighted by atomic mass is 9.44. The van der Waals surface area contributed by atoms with Gasteiger partial charge in [0, 0.05) is 17.8 Å². The van der Waals surface area contributed by atoms with Gasteiger partial charge in [0.05, 0.1) is 38.1 Å². The van der Waals surface area contributed by atoms with Crippen LogP contribution in [-0.4, -0.2) is 175 Å². The molecule has 9 aliphatic rings. The monoisotopic (exact) mass is 872 g/mol. The lowest BCUT2D eigenvalue weighted by Crippen LogP contribution is -2.66. The maximum Gasteiger partial charge on any atom is 0.187 e. The summed E-state index contributed by atoms with van der Waals surface area (Å²) in [6.07, 6.45) is -12.1. The first-order valence-corrected chi connectivity index (χ1v) is 23.2. The van der Waals surface area contributed by atoms with E-state index in [4.69, 9.17) is 37.9 Å². The van der Waals surface area contributed by atoms with E-state index in [2.05, 4.69) is 27.7 Å². The molecule has 0 radical (unpaired) electrons. The normalized spacial score (nSPS) is 59.7. The molecule has 4 saturated carbocycles. The van der Waals surface area contributed by atoms with Gasteiger partial charge in [0.1, 0.15) is 66.6 Å². The highest BCUT2D eigenvalue weighted by molar-refractivity contribution is 5.23. The molecule has 0 aromatic heterocycles. The molecular weight excluding hydrogens is 800 g/mol. The Bertz CT molecular complexity index is 1550. The Morgan fingerprint density at radius 3 is 2.11 bits per heavy atom. The van der Waals surface area contributed by atoms with Crippen LogP contribution in [0.3, 0.4) is 0 Å². The fourth-order valence-electron chi connectivity index (χ4n) is 14.3. The number of ether oxygens (including phenoxy) is 8. The second-order valence-electron chi connectivity index (χ2n) is 21.2. The Balaban J connectivity index is 0.899. The predicted molar refractivity (Wildman–Crippen MR) is 210 cm³/mol. The van der Waals surface area contributed by atoms with Crippen LogP contribution in [0.5, 0.6) is 0 Å². The second-order valence-corrected chi connectivity index (χ2v) is 21.2. The first kappa shape index (κ1) is 45.5. The van der Waals surface area contributed by atoms with E-state index in [9.17, 15) is 46.0 Å². The van der Waals surface area contributed by atoms with Crippen molar-refractivity contribution in [3.63, 3.8) is 0 Å². The van der Waals surface area contributed by atoms with Crippen molar-refractivity contribution in [2.75, 3.05) is 19.8 Å². The van der Waals surface area contributed by atoms with Crippen molar-refractivity contribution in [3.8, 4) is 0 Å². The molecule has 61 heavy (non-hydrogen) atoms. The molecular formula is C44H72O17. The van der Waals surface area contributed by atoms with E-state index < -0.39 is 104 Å². The van der Waals surface area contributed by atoms with E-state index >= 15 is 0 Å². The van der Waals surface area contributed by atoms with Gasteiger partial charge in [-0.15, -0.1) is 0 Å². The van der Waals surface area contributed by atoms with Crippen molar-refractivity contribution in [3.05, 3.63) is 0 Å². The van der Waals surface area contributed by atoms with Crippen molar-refractivity contribution in [1.29, 1.82) is 0 Å². The molecule has 26 unspecified atom stereocenters. The SMILES string of the molecule is CC1CCC2(OC1)OC1CC3C4CCC5CC(OC6OC(CO)C(OC7OC(C)C(O)C(O)C7O)C(O)C6OC6OCC(O)C(O)C6O)CCC5(C)C4CCC3(C)C1(O)C2C. The zero-order valence-electron chi connectivity index (χ0n) is 36.2. The molecule has 9 rings (SSSR count). The fourth-order valence-corrected chi connectivity index (χ4v) is 14.3. The Morgan fingerprint density at radius 1 is 0.656 bits per heavy atom. The lowest BCUT2D eigenvalue weighted by Gasteiger charge is -2.62. The third-order valence-electron chi connectivity index (χ3n) is 18.1. The van der Waals surface area contributed by atoms with E-state index in [1.165, 1.54) is 6.92 Å². The van der Waals surface area contributed by atoms with E-state index in [-0.39, 0.29) is 35.6 Å². The predicted octanol–water partition coefficient (Wildman–Crippen LogP) is 0.0480. The molecule has 17 heteroatoms. The maximum atomic E-state index is 12.8. The van der Waals surface area contributed by atoms with Crippen LogP contribution in [0.2, 0.25) is 0 Å². The van der Waals surface area contributed by atoms with Crippen LogP contribution >= 0.6 is 0 Å². The van der Waals surface area contributed by atoms with Gasteiger partial charge in [0.2, 0.25) is 0 Å². The summed E-state index contributed by atoms with van der Waals surface area (Å²) in [6, 6.07) is 0. The van der Waals surface area contributed by atoms with Gasteiger partial charge in [-0.05, 0) is 99.7 Å². The van der Waals surface area contributed by atoms with Gasteiger partial charge in [-0.1, -0.05) is 27.7 Å². The van der Waals surface area contributed by atoms with Gasteiger partial charge >= 0.3 is 0 Å². The minimum Gasteiger partial charge on any atom is -0.394 e. The molecule has 4 aliphatic carbocycles. The standard InChI is InChI=1S/C44H72O17/c1-19-8-13-43(55-17-19)21(3)44(53)29(61-43)15-26-24-7-6-22-14-23(9-11-41(22,4)25(24)10-12-42(26,44)5)57-40-37(60-38-33(50)31(48)27(46)18-54-38)35(52)36(28(16-45)58-40)59-39-34(51)32(49)30(47)20(2)56-39/h19-40,45-53H,6-18H2,1-5H3. The molecule has 0 amide bonds.